The van der Waals surface area contributed by atoms with Crippen LogP contribution in [0.2, 0.25) is 0 Å². The van der Waals surface area contributed by atoms with E-state index in [0.29, 0.717) is 18.9 Å². The van der Waals surface area contributed by atoms with Gasteiger partial charge < -0.3 is 15.8 Å². The Balaban J connectivity index is 2.39. The molecule has 18 heavy (non-hydrogen) atoms. The van der Waals surface area contributed by atoms with Crippen LogP contribution in [-0.2, 0) is 4.79 Å². The molecule has 100 valence electrons. The lowest BCUT2D eigenvalue weighted by Gasteiger charge is -2.10. The van der Waals surface area contributed by atoms with Crippen molar-refractivity contribution in [1.29, 1.82) is 0 Å². The minimum Gasteiger partial charge on any atom is -0.497 e. The van der Waals surface area contributed by atoms with E-state index in [0.717, 1.165) is 24.3 Å². The summed E-state index contributed by atoms with van der Waals surface area (Å²) in [6.45, 7) is 2.80. The summed E-state index contributed by atoms with van der Waals surface area (Å²) < 4.78 is 5.10. The molecule has 1 rings (SSSR count). The highest BCUT2D eigenvalue weighted by atomic mass is 16.5. The standard InChI is InChI=1S/C14H22N2O2/c1-11(8-9-15)6-7-14(17)16-12-4-3-5-13(10-12)18-2/h3-5,10-11H,6-9,15H2,1-2H3,(H,16,17). The maximum atomic E-state index is 11.7. The van der Waals surface area contributed by atoms with Crippen LogP contribution < -0.4 is 15.8 Å². The van der Waals surface area contributed by atoms with Crippen LogP contribution in [0, 0.1) is 5.92 Å². The molecule has 0 aromatic heterocycles. The van der Waals surface area contributed by atoms with Gasteiger partial charge in [0.1, 0.15) is 5.75 Å². The van der Waals surface area contributed by atoms with Crippen LogP contribution in [0.25, 0.3) is 0 Å². The number of anilines is 1. The number of nitrogens with two attached hydrogens (primary N) is 1. The number of benzene rings is 1. The number of hydrogen-bond donors (Lipinski definition) is 2. The fraction of sp³-hybridized carbons (Fsp3) is 0.500. The minimum atomic E-state index is 0.0344. The molecule has 1 aromatic rings. The second kappa shape index (κ2) is 7.71. The van der Waals surface area contributed by atoms with Gasteiger partial charge >= 0.3 is 0 Å². The molecule has 4 nitrogen and oxygen atoms in total. The number of methoxy groups -OCH3 is 1. The quantitative estimate of drug-likeness (QED) is 0.781. The predicted molar refractivity (Wildman–Crippen MR) is 73.7 cm³/mol. The van der Waals surface area contributed by atoms with Crippen LogP contribution in [0.1, 0.15) is 26.2 Å². The molecule has 0 saturated carbocycles. The van der Waals surface area contributed by atoms with Gasteiger partial charge in [-0.2, -0.15) is 0 Å². The average Bonchev–Trinajstić information content (AvgIpc) is 2.37. The summed E-state index contributed by atoms with van der Waals surface area (Å²) in [6, 6.07) is 7.36. The van der Waals surface area contributed by atoms with E-state index < -0.39 is 0 Å². The van der Waals surface area contributed by atoms with E-state index in [9.17, 15) is 4.79 Å². The third-order valence-corrected chi connectivity index (χ3v) is 2.88. The van der Waals surface area contributed by atoms with Gasteiger partial charge in [0.05, 0.1) is 7.11 Å². The van der Waals surface area contributed by atoms with Crippen molar-refractivity contribution in [2.45, 2.75) is 26.2 Å². The van der Waals surface area contributed by atoms with Crippen LogP contribution in [0.5, 0.6) is 5.75 Å². The monoisotopic (exact) mass is 250 g/mol. The van der Waals surface area contributed by atoms with Crippen molar-refractivity contribution in [1.82, 2.24) is 0 Å². The topological polar surface area (TPSA) is 64.3 Å². The maximum absolute atomic E-state index is 11.7. The number of amides is 1. The van der Waals surface area contributed by atoms with Crippen LogP contribution in [0.4, 0.5) is 5.69 Å². The molecule has 0 heterocycles. The normalized spacial score (nSPS) is 11.9. The minimum absolute atomic E-state index is 0.0344. The van der Waals surface area contributed by atoms with Crippen LogP contribution in [0.3, 0.4) is 0 Å². The molecule has 0 radical (unpaired) electrons. The Kier molecular flexibility index (Phi) is 6.22. The van der Waals surface area contributed by atoms with E-state index in [4.69, 9.17) is 10.5 Å². The Morgan fingerprint density at radius 3 is 2.89 bits per heavy atom. The van der Waals surface area contributed by atoms with Crippen molar-refractivity contribution >= 4 is 11.6 Å². The second-order valence-electron chi connectivity index (χ2n) is 4.50. The van der Waals surface area contributed by atoms with Crippen LogP contribution in [0.15, 0.2) is 24.3 Å². The van der Waals surface area contributed by atoms with Gasteiger partial charge in [-0.3, -0.25) is 4.79 Å². The molecule has 1 amide bonds. The Morgan fingerprint density at radius 1 is 1.44 bits per heavy atom. The molecule has 0 saturated heterocycles. The SMILES string of the molecule is COc1cccc(NC(=O)CCC(C)CCN)c1. The van der Waals surface area contributed by atoms with E-state index >= 15 is 0 Å². The number of nitrogens with one attached hydrogen (secondary N) is 1. The number of carbonyl (C=O) groups excluding carboxylic acids is 1. The molecule has 1 unspecified atom stereocenters. The van der Waals surface area contributed by atoms with Crippen molar-refractivity contribution in [2.24, 2.45) is 11.7 Å². The Labute approximate surface area is 109 Å². The van der Waals surface area contributed by atoms with Crippen molar-refractivity contribution in [3.8, 4) is 5.75 Å². The van der Waals surface area contributed by atoms with Crippen LogP contribution in [-0.4, -0.2) is 19.6 Å². The summed E-state index contributed by atoms with van der Waals surface area (Å²) in [5, 5.41) is 2.86. The smallest absolute Gasteiger partial charge is 0.224 e. The number of carbonyl (C=O) groups is 1. The Bertz CT molecular complexity index is 380. The summed E-state index contributed by atoms with van der Waals surface area (Å²) >= 11 is 0. The second-order valence-corrected chi connectivity index (χ2v) is 4.50. The molecule has 0 aliphatic rings. The zero-order valence-corrected chi connectivity index (χ0v) is 11.1. The van der Waals surface area contributed by atoms with Crippen LogP contribution >= 0.6 is 0 Å². The Morgan fingerprint density at radius 2 is 2.22 bits per heavy atom. The summed E-state index contributed by atoms with van der Waals surface area (Å²) in [5.41, 5.74) is 6.25. The Hall–Kier alpha value is -1.55. The lowest BCUT2D eigenvalue weighted by molar-refractivity contribution is -0.116. The highest BCUT2D eigenvalue weighted by Crippen LogP contribution is 2.17. The van der Waals surface area contributed by atoms with Gasteiger partial charge in [-0.25, -0.2) is 0 Å². The average molecular weight is 250 g/mol. The van der Waals surface area contributed by atoms with Crippen molar-refractivity contribution in [3.63, 3.8) is 0 Å². The molecule has 1 atom stereocenters. The summed E-state index contributed by atoms with van der Waals surface area (Å²) in [6.07, 6.45) is 2.36. The zero-order chi connectivity index (χ0) is 13.4. The van der Waals surface area contributed by atoms with Gasteiger partial charge in [-0.1, -0.05) is 13.0 Å². The third-order valence-electron chi connectivity index (χ3n) is 2.88. The first-order valence-electron chi connectivity index (χ1n) is 6.29. The number of hydrogen-bond acceptors (Lipinski definition) is 3. The molecule has 3 N–H and O–H groups in total. The van der Waals surface area contributed by atoms with Gasteiger partial charge in [0, 0.05) is 18.2 Å². The highest BCUT2D eigenvalue weighted by Gasteiger charge is 2.07. The molecule has 0 bridgehead atoms. The van der Waals surface area contributed by atoms with E-state index in [1.807, 2.05) is 18.2 Å². The summed E-state index contributed by atoms with van der Waals surface area (Å²) in [5.74, 6) is 1.27. The number of rotatable bonds is 7. The fourth-order valence-corrected chi connectivity index (χ4v) is 1.73. The van der Waals surface area contributed by atoms with Gasteiger partial charge in [0.2, 0.25) is 5.91 Å². The lowest BCUT2D eigenvalue weighted by Crippen LogP contribution is -2.14. The van der Waals surface area contributed by atoms with E-state index in [-0.39, 0.29) is 5.91 Å². The molecular formula is C14H22N2O2. The fourth-order valence-electron chi connectivity index (χ4n) is 1.73. The molecule has 4 heteroatoms. The summed E-state index contributed by atoms with van der Waals surface area (Å²) in [4.78, 5) is 11.7. The lowest BCUT2D eigenvalue weighted by atomic mass is 10.0. The van der Waals surface area contributed by atoms with Crippen molar-refractivity contribution in [2.75, 3.05) is 19.0 Å². The molecule has 0 fully saturated rings. The van der Waals surface area contributed by atoms with Gasteiger partial charge in [-0.15, -0.1) is 0 Å². The summed E-state index contributed by atoms with van der Waals surface area (Å²) in [7, 11) is 1.61. The largest absolute Gasteiger partial charge is 0.497 e. The highest BCUT2D eigenvalue weighted by molar-refractivity contribution is 5.90. The van der Waals surface area contributed by atoms with Crippen molar-refractivity contribution in [3.05, 3.63) is 24.3 Å². The van der Waals surface area contributed by atoms with Gasteiger partial charge in [0.25, 0.3) is 0 Å². The molecule has 0 spiro atoms. The molecule has 1 aromatic carbocycles. The third kappa shape index (κ3) is 5.19. The zero-order valence-electron chi connectivity index (χ0n) is 11.1. The first-order chi connectivity index (χ1) is 8.65. The maximum Gasteiger partial charge on any atom is 0.224 e. The molecule has 0 aliphatic carbocycles. The van der Waals surface area contributed by atoms with E-state index in [1.54, 1.807) is 13.2 Å². The first kappa shape index (κ1) is 14.5. The van der Waals surface area contributed by atoms with Crippen molar-refractivity contribution < 1.29 is 9.53 Å². The molecule has 0 aliphatic heterocycles. The molecular weight excluding hydrogens is 228 g/mol. The van der Waals surface area contributed by atoms with Gasteiger partial charge in [-0.05, 0) is 37.4 Å². The predicted octanol–water partition coefficient (Wildman–Crippen LogP) is 2.40. The first-order valence-corrected chi connectivity index (χ1v) is 6.29. The number of ether oxygens (including phenoxy) is 1. The van der Waals surface area contributed by atoms with E-state index in [2.05, 4.69) is 12.2 Å². The van der Waals surface area contributed by atoms with E-state index in [1.165, 1.54) is 0 Å². The van der Waals surface area contributed by atoms with Gasteiger partial charge in [0.15, 0.2) is 0 Å².